The molecule has 0 spiro atoms. The Hall–Kier alpha value is -1.95. The number of ether oxygens (including phenoxy) is 2. The average molecular weight is 322 g/mol. The number of halogens is 1. The van der Waals surface area contributed by atoms with E-state index in [1.165, 1.54) is 18.2 Å². The van der Waals surface area contributed by atoms with Crippen LogP contribution in [0.15, 0.2) is 29.3 Å². The van der Waals surface area contributed by atoms with Gasteiger partial charge in [-0.3, -0.25) is 10.1 Å². The molecule has 23 heavy (non-hydrogen) atoms. The van der Waals surface area contributed by atoms with Gasteiger partial charge in [0.25, 0.3) is 11.9 Å². The fourth-order valence-electron chi connectivity index (χ4n) is 2.14. The normalized spacial score (nSPS) is 18.3. The molecule has 1 fully saturated rings. The highest BCUT2D eigenvalue weighted by Gasteiger charge is 2.16. The van der Waals surface area contributed by atoms with Crippen LogP contribution >= 0.6 is 0 Å². The third-order valence-corrected chi connectivity index (χ3v) is 3.32. The van der Waals surface area contributed by atoms with Gasteiger partial charge in [-0.25, -0.2) is 9.38 Å². The average Bonchev–Trinajstić information content (AvgIpc) is 3.03. The van der Waals surface area contributed by atoms with Crippen molar-refractivity contribution in [3.05, 3.63) is 35.6 Å². The number of amidine groups is 1. The van der Waals surface area contributed by atoms with Gasteiger partial charge in [-0.15, -0.1) is 0 Å². The molecule has 1 aliphatic rings. The number of benzene rings is 1. The van der Waals surface area contributed by atoms with Crippen LogP contribution in [0.25, 0.3) is 0 Å². The van der Waals surface area contributed by atoms with Gasteiger partial charge >= 0.3 is 0 Å². The lowest BCUT2D eigenvalue weighted by atomic mass is 10.2. The number of amides is 1. The van der Waals surface area contributed by atoms with Gasteiger partial charge < -0.3 is 9.47 Å². The van der Waals surface area contributed by atoms with Crippen LogP contribution in [0.3, 0.4) is 0 Å². The molecule has 5 nitrogen and oxygen atoms in total. The minimum atomic E-state index is -0.460. The lowest BCUT2D eigenvalue weighted by molar-refractivity contribution is 0.0959. The van der Waals surface area contributed by atoms with E-state index in [1.54, 1.807) is 6.07 Å². The SMILES string of the molecule is CC(C)COC(=NC[C@H]1CCCO1)NC(=O)c1cccc(F)c1. The highest BCUT2D eigenvalue weighted by atomic mass is 19.1. The van der Waals surface area contributed by atoms with Crippen molar-refractivity contribution in [3.8, 4) is 0 Å². The molecule has 1 aliphatic heterocycles. The van der Waals surface area contributed by atoms with Crippen LogP contribution in [0, 0.1) is 11.7 Å². The fraction of sp³-hybridized carbons (Fsp3) is 0.529. The molecule has 0 unspecified atom stereocenters. The zero-order valence-electron chi connectivity index (χ0n) is 13.5. The standard InChI is InChI=1S/C17H23FN2O3/c1-12(2)11-23-17(19-10-15-7-4-8-22-15)20-16(21)13-5-3-6-14(18)9-13/h3,5-6,9,12,15H,4,7-8,10-11H2,1-2H3,(H,19,20,21)/t15-/m1/s1. The molecule has 6 heteroatoms. The maximum atomic E-state index is 13.2. The highest BCUT2D eigenvalue weighted by molar-refractivity contribution is 6.04. The van der Waals surface area contributed by atoms with E-state index in [4.69, 9.17) is 9.47 Å². The van der Waals surface area contributed by atoms with E-state index >= 15 is 0 Å². The minimum absolute atomic E-state index is 0.0683. The maximum Gasteiger partial charge on any atom is 0.291 e. The molecular weight excluding hydrogens is 299 g/mol. The predicted octanol–water partition coefficient (Wildman–Crippen LogP) is 2.76. The largest absolute Gasteiger partial charge is 0.465 e. The lowest BCUT2D eigenvalue weighted by Gasteiger charge is -2.13. The first-order chi connectivity index (χ1) is 11.0. The number of nitrogens with one attached hydrogen (secondary N) is 1. The van der Waals surface area contributed by atoms with E-state index in [2.05, 4.69) is 10.3 Å². The monoisotopic (exact) mass is 322 g/mol. The summed E-state index contributed by atoms with van der Waals surface area (Å²) < 4.78 is 24.3. The third kappa shape index (κ3) is 5.98. The Labute approximate surface area is 135 Å². The number of hydrogen-bond donors (Lipinski definition) is 1. The fourth-order valence-corrected chi connectivity index (χ4v) is 2.14. The number of rotatable bonds is 5. The smallest absolute Gasteiger partial charge is 0.291 e. The molecule has 1 aromatic carbocycles. The molecular formula is C17H23FN2O3. The number of hydrogen-bond acceptors (Lipinski definition) is 4. The number of nitrogens with zero attached hydrogens (tertiary/aromatic N) is 1. The van der Waals surface area contributed by atoms with Crippen molar-refractivity contribution in [2.24, 2.45) is 10.9 Å². The van der Waals surface area contributed by atoms with Crippen LogP contribution in [0.4, 0.5) is 4.39 Å². The summed E-state index contributed by atoms with van der Waals surface area (Å²) in [5, 5.41) is 2.61. The molecule has 0 aliphatic carbocycles. The summed E-state index contributed by atoms with van der Waals surface area (Å²) in [6, 6.07) is 5.65. The Balaban J connectivity index is 2.00. The second-order valence-electron chi connectivity index (χ2n) is 5.95. The van der Waals surface area contributed by atoms with E-state index in [9.17, 15) is 9.18 Å². The van der Waals surface area contributed by atoms with Crippen LogP contribution in [-0.4, -0.2) is 37.8 Å². The second-order valence-corrected chi connectivity index (χ2v) is 5.95. The molecule has 1 heterocycles. The van der Waals surface area contributed by atoms with Crippen LogP contribution < -0.4 is 5.32 Å². The topological polar surface area (TPSA) is 59.9 Å². The van der Waals surface area contributed by atoms with Crippen molar-refractivity contribution >= 4 is 11.9 Å². The van der Waals surface area contributed by atoms with Crippen molar-refractivity contribution in [1.82, 2.24) is 5.32 Å². The van der Waals surface area contributed by atoms with Gasteiger partial charge in [0.15, 0.2) is 0 Å². The van der Waals surface area contributed by atoms with Gasteiger partial charge in [-0.1, -0.05) is 19.9 Å². The Morgan fingerprint density at radius 1 is 1.52 bits per heavy atom. The first kappa shape index (κ1) is 17.4. The zero-order chi connectivity index (χ0) is 16.7. The van der Waals surface area contributed by atoms with Crippen LogP contribution in [-0.2, 0) is 9.47 Å². The summed E-state index contributed by atoms with van der Waals surface area (Å²) in [4.78, 5) is 16.5. The number of carbonyl (C=O) groups excluding carboxylic acids is 1. The Morgan fingerprint density at radius 3 is 3.00 bits per heavy atom. The summed E-state index contributed by atoms with van der Waals surface area (Å²) in [6.07, 6.45) is 2.05. The molecule has 126 valence electrons. The lowest BCUT2D eigenvalue weighted by Crippen LogP contribution is -2.34. The minimum Gasteiger partial charge on any atom is -0.465 e. The summed E-state index contributed by atoms with van der Waals surface area (Å²) in [5.74, 6) is -0.605. The van der Waals surface area contributed by atoms with E-state index in [1.807, 2.05) is 13.8 Å². The van der Waals surface area contributed by atoms with Crippen molar-refractivity contribution in [2.75, 3.05) is 19.8 Å². The number of carbonyl (C=O) groups is 1. The maximum absolute atomic E-state index is 13.2. The van der Waals surface area contributed by atoms with Crippen LogP contribution in [0.5, 0.6) is 0 Å². The molecule has 1 amide bonds. The highest BCUT2D eigenvalue weighted by Crippen LogP contribution is 2.12. The number of aliphatic imine (C=N–C) groups is 1. The first-order valence-corrected chi connectivity index (χ1v) is 7.90. The van der Waals surface area contributed by atoms with Gasteiger partial charge in [0.05, 0.1) is 19.3 Å². The Kier molecular flexibility index (Phi) is 6.52. The third-order valence-electron chi connectivity index (χ3n) is 3.32. The van der Waals surface area contributed by atoms with Crippen LogP contribution in [0.2, 0.25) is 0 Å². The van der Waals surface area contributed by atoms with Gasteiger partial charge in [-0.05, 0) is 37.0 Å². The molecule has 1 saturated heterocycles. The van der Waals surface area contributed by atoms with Crippen molar-refractivity contribution in [2.45, 2.75) is 32.8 Å². The van der Waals surface area contributed by atoms with Gasteiger partial charge in [-0.2, -0.15) is 0 Å². The first-order valence-electron chi connectivity index (χ1n) is 7.90. The van der Waals surface area contributed by atoms with Crippen molar-refractivity contribution in [3.63, 3.8) is 0 Å². The van der Waals surface area contributed by atoms with E-state index < -0.39 is 11.7 Å². The molecule has 1 aromatic rings. The summed E-state index contributed by atoms with van der Waals surface area (Å²) >= 11 is 0. The van der Waals surface area contributed by atoms with Crippen molar-refractivity contribution < 1.29 is 18.7 Å². The van der Waals surface area contributed by atoms with Gasteiger partial charge in [0, 0.05) is 12.2 Å². The molecule has 0 radical (unpaired) electrons. The quantitative estimate of drug-likeness (QED) is 0.670. The molecule has 0 aromatic heterocycles. The molecule has 0 bridgehead atoms. The molecule has 1 atom stereocenters. The zero-order valence-corrected chi connectivity index (χ0v) is 13.5. The van der Waals surface area contributed by atoms with E-state index in [0.29, 0.717) is 19.1 Å². The summed E-state index contributed by atoms with van der Waals surface area (Å²) in [7, 11) is 0. The van der Waals surface area contributed by atoms with E-state index in [-0.39, 0.29) is 17.7 Å². The van der Waals surface area contributed by atoms with Crippen LogP contribution in [0.1, 0.15) is 37.0 Å². The Bertz CT molecular complexity index is 555. The molecule has 2 rings (SSSR count). The van der Waals surface area contributed by atoms with Gasteiger partial charge in [0.2, 0.25) is 0 Å². The van der Waals surface area contributed by atoms with E-state index in [0.717, 1.165) is 19.4 Å². The second kappa shape index (κ2) is 8.62. The summed E-state index contributed by atoms with van der Waals surface area (Å²) in [5.41, 5.74) is 0.225. The Morgan fingerprint density at radius 2 is 2.35 bits per heavy atom. The molecule has 1 N–H and O–H groups in total. The molecule has 0 saturated carbocycles. The summed E-state index contributed by atoms with van der Waals surface area (Å²) in [6.45, 7) is 5.64. The van der Waals surface area contributed by atoms with Gasteiger partial charge in [0.1, 0.15) is 5.82 Å². The van der Waals surface area contributed by atoms with Crippen molar-refractivity contribution in [1.29, 1.82) is 0 Å². The predicted molar refractivity (Wildman–Crippen MR) is 85.9 cm³/mol.